The van der Waals surface area contributed by atoms with Crippen molar-refractivity contribution in [1.29, 1.82) is 0 Å². The topological polar surface area (TPSA) is 30.5 Å². The molecule has 0 spiro atoms. The third kappa shape index (κ3) is 2.86. The van der Waals surface area contributed by atoms with Crippen LogP contribution in [0.2, 0.25) is 0 Å². The molecule has 1 aliphatic rings. The van der Waals surface area contributed by atoms with Gasteiger partial charge in [-0.05, 0) is 37.6 Å². The highest BCUT2D eigenvalue weighted by Crippen LogP contribution is 2.41. The average Bonchev–Trinajstić information content (AvgIpc) is 2.47. The second kappa shape index (κ2) is 6.29. The molecule has 0 aliphatic heterocycles. The van der Waals surface area contributed by atoms with E-state index in [1.54, 1.807) is 14.2 Å². The highest BCUT2D eigenvalue weighted by Gasteiger charge is 2.33. The number of ether oxygens (including phenoxy) is 2. The Hall–Kier alpha value is -1.22. The Balaban J connectivity index is 2.36. The summed E-state index contributed by atoms with van der Waals surface area (Å²) in [6.45, 7) is 1.03. The normalized spacial score (nSPS) is 18.1. The summed E-state index contributed by atoms with van der Waals surface area (Å²) in [5.41, 5.74) is 1.63. The van der Waals surface area contributed by atoms with E-state index in [-0.39, 0.29) is 5.41 Å². The van der Waals surface area contributed by atoms with Crippen LogP contribution in [0.15, 0.2) is 18.2 Å². The van der Waals surface area contributed by atoms with E-state index in [2.05, 4.69) is 17.4 Å². The lowest BCUT2D eigenvalue weighted by molar-refractivity contribution is 0.283. The lowest BCUT2D eigenvalue weighted by Crippen LogP contribution is -2.38. The van der Waals surface area contributed by atoms with E-state index in [4.69, 9.17) is 9.47 Å². The van der Waals surface area contributed by atoms with Gasteiger partial charge in [-0.25, -0.2) is 0 Å². The van der Waals surface area contributed by atoms with Gasteiger partial charge in [-0.15, -0.1) is 0 Å². The number of nitrogens with one attached hydrogen (secondary N) is 1. The molecule has 1 saturated carbocycles. The molecule has 0 unspecified atom stereocenters. The van der Waals surface area contributed by atoms with Crippen molar-refractivity contribution in [3.05, 3.63) is 23.8 Å². The maximum Gasteiger partial charge on any atom is 0.161 e. The minimum Gasteiger partial charge on any atom is -0.493 e. The Morgan fingerprint density at radius 3 is 2.32 bits per heavy atom. The van der Waals surface area contributed by atoms with Crippen LogP contribution in [0.3, 0.4) is 0 Å². The predicted molar refractivity (Wildman–Crippen MR) is 78.2 cm³/mol. The number of likely N-dealkylation sites (N-methyl/N-ethyl adjacent to an activating group) is 1. The van der Waals surface area contributed by atoms with E-state index in [0.717, 1.165) is 18.0 Å². The Kier molecular flexibility index (Phi) is 4.70. The van der Waals surface area contributed by atoms with Crippen molar-refractivity contribution in [2.75, 3.05) is 27.8 Å². The summed E-state index contributed by atoms with van der Waals surface area (Å²) in [4.78, 5) is 0. The van der Waals surface area contributed by atoms with E-state index >= 15 is 0 Å². The summed E-state index contributed by atoms with van der Waals surface area (Å²) < 4.78 is 10.8. The Morgan fingerprint density at radius 2 is 1.74 bits per heavy atom. The molecule has 0 amide bonds. The highest BCUT2D eigenvalue weighted by atomic mass is 16.5. The molecule has 2 rings (SSSR count). The van der Waals surface area contributed by atoms with E-state index in [9.17, 15) is 0 Å². The molecule has 1 N–H and O–H groups in total. The first kappa shape index (κ1) is 14.2. The third-order valence-electron chi connectivity index (χ3n) is 4.32. The maximum absolute atomic E-state index is 5.45. The largest absolute Gasteiger partial charge is 0.493 e. The van der Waals surface area contributed by atoms with E-state index in [1.807, 2.05) is 13.1 Å². The summed E-state index contributed by atoms with van der Waals surface area (Å²) in [5, 5.41) is 3.37. The van der Waals surface area contributed by atoms with Gasteiger partial charge in [0.05, 0.1) is 14.2 Å². The van der Waals surface area contributed by atoms with Gasteiger partial charge in [0.25, 0.3) is 0 Å². The molecule has 1 aromatic carbocycles. The van der Waals surface area contributed by atoms with Crippen molar-refractivity contribution in [2.24, 2.45) is 0 Å². The van der Waals surface area contributed by atoms with Crippen molar-refractivity contribution in [3.8, 4) is 11.5 Å². The fourth-order valence-corrected chi connectivity index (χ4v) is 3.30. The van der Waals surface area contributed by atoms with Crippen LogP contribution in [0.5, 0.6) is 11.5 Å². The number of benzene rings is 1. The van der Waals surface area contributed by atoms with Gasteiger partial charge in [0, 0.05) is 12.0 Å². The Morgan fingerprint density at radius 1 is 1.05 bits per heavy atom. The first-order valence-corrected chi connectivity index (χ1v) is 7.13. The van der Waals surface area contributed by atoms with Crippen LogP contribution in [0, 0.1) is 0 Å². The van der Waals surface area contributed by atoms with E-state index in [0.29, 0.717) is 0 Å². The van der Waals surface area contributed by atoms with Gasteiger partial charge < -0.3 is 14.8 Å². The van der Waals surface area contributed by atoms with Crippen LogP contribution in [0.1, 0.15) is 37.7 Å². The van der Waals surface area contributed by atoms with Gasteiger partial charge in [0.2, 0.25) is 0 Å². The molecule has 0 heterocycles. The maximum atomic E-state index is 5.45. The highest BCUT2D eigenvalue weighted by molar-refractivity contribution is 5.45. The number of rotatable bonds is 5. The van der Waals surface area contributed by atoms with Crippen molar-refractivity contribution >= 4 is 0 Å². The predicted octanol–water partition coefficient (Wildman–Crippen LogP) is 3.13. The van der Waals surface area contributed by atoms with Gasteiger partial charge in [0.1, 0.15) is 0 Å². The second-order valence-corrected chi connectivity index (χ2v) is 5.44. The lowest BCUT2D eigenvalue weighted by atomic mass is 9.69. The Bertz CT molecular complexity index is 406. The molecule has 0 bridgehead atoms. The number of hydrogen-bond acceptors (Lipinski definition) is 3. The van der Waals surface area contributed by atoms with E-state index < -0.39 is 0 Å². The molecule has 3 heteroatoms. The van der Waals surface area contributed by atoms with Gasteiger partial charge in [-0.2, -0.15) is 0 Å². The summed E-state index contributed by atoms with van der Waals surface area (Å²) >= 11 is 0. The SMILES string of the molecule is CNCC1(c2ccc(OC)c(OC)c2)CCCCC1. The van der Waals surface area contributed by atoms with E-state index in [1.165, 1.54) is 37.7 Å². The second-order valence-electron chi connectivity index (χ2n) is 5.44. The van der Waals surface area contributed by atoms with Crippen molar-refractivity contribution in [2.45, 2.75) is 37.5 Å². The van der Waals surface area contributed by atoms with Crippen molar-refractivity contribution < 1.29 is 9.47 Å². The van der Waals surface area contributed by atoms with Crippen LogP contribution in [-0.4, -0.2) is 27.8 Å². The molecule has 0 aromatic heterocycles. The molecule has 1 aliphatic carbocycles. The minimum absolute atomic E-state index is 0.256. The van der Waals surface area contributed by atoms with Crippen LogP contribution < -0.4 is 14.8 Å². The third-order valence-corrected chi connectivity index (χ3v) is 4.32. The van der Waals surface area contributed by atoms with Gasteiger partial charge >= 0.3 is 0 Å². The smallest absolute Gasteiger partial charge is 0.161 e. The number of hydrogen-bond donors (Lipinski definition) is 1. The molecule has 0 atom stereocenters. The molecule has 19 heavy (non-hydrogen) atoms. The fourth-order valence-electron chi connectivity index (χ4n) is 3.30. The molecular weight excluding hydrogens is 238 g/mol. The quantitative estimate of drug-likeness (QED) is 0.885. The molecule has 106 valence electrons. The standard InChI is InChI=1S/C16H25NO2/c1-17-12-16(9-5-4-6-10-16)13-7-8-14(18-2)15(11-13)19-3/h7-8,11,17H,4-6,9-10,12H2,1-3H3. The van der Waals surface area contributed by atoms with Crippen LogP contribution >= 0.6 is 0 Å². The zero-order chi connectivity index (χ0) is 13.7. The molecular formula is C16H25NO2. The monoisotopic (exact) mass is 263 g/mol. The molecule has 0 radical (unpaired) electrons. The molecule has 3 nitrogen and oxygen atoms in total. The number of methoxy groups -OCH3 is 2. The van der Waals surface area contributed by atoms with Crippen LogP contribution in [-0.2, 0) is 5.41 Å². The lowest BCUT2D eigenvalue weighted by Gasteiger charge is -2.38. The van der Waals surface area contributed by atoms with Crippen molar-refractivity contribution in [3.63, 3.8) is 0 Å². The molecule has 1 fully saturated rings. The van der Waals surface area contributed by atoms with Gasteiger partial charge in [-0.1, -0.05) is 25.3 Å². The first-order valence-electron chi connectivity index (χ1n) is 7.13. The fraction of sp³-hybridized carbons (Fsp3) is 0.625. The van der Waals surface area contributed by atoms with Crippen LogP contribution in [0.4, 0.5) is 0 Å². The molecule has 0 saturated heterocycles. The van der Waals surface area contributed by atoms with Crippen molar-refractivity contribution in [1.82, 2.24) is 5.32 Å². The zero-order valence-corrected chi connectivity index (χ0v) is 12.3. The van der Waals surface area contributed by atoms with Crippen LogP contribution in [0.25, 0.3) is 0 Å². The average molecular weight is 263 g/mol. The minimum atomic E-state index is 0.256. The molecule has 1 aromatic rings. The summed E-state index contributed by atoms with van der Waals surface area (Å²) in [5.74, 6) is 1.64. The first-order chi connectivity index (χ1) is 9.25. The van der Waals surface area contributed by atoms with Gasteiger partial charge in [0.15, 0.2) is 11.5 Å². The summed E-state index contributed by atoms with van der Waals surface area (Å²) in [6.07, 6.45) is 6.50. The summed E-state index contributed by atoms with van der Waals surface area (Å²) in [7, 11) is 5.42. The summed E-state index contributed by atoms with van der Waals surface area (Å²) in [6, 6.07) is 6.38. The zero-order valence-electron chi connectivity index (χ0n) is 12.3. The Labute approximate surface area is 116 Å². The van der Waals surface area contributed by atoms with Gasteiger partial charge in [-0.3, -0.25) is 0 Å².